The van der Waals surface area contributed by atoms with E-state index in [0.29, 0.717) is 0 Å². The van der Waals surface area contributed by atoms with Gasteiger partial charge in [0.2, 0.25) is 0 Å². The summed E-state index contributed by atoms with van der Waals surface area (Å²) >= 11 is 0. The van der Waals surface area contributed by atoms with Gasteiger partial charge < -0.3 is 40.3 Å². The smallest absolute Gasteiger partial charge is 2.00 e. The van der Waals surface area contributed by atoms with Gasteiger partial charge in [0.15, 0.2) is 0 Å². The quantitative estimate of drug-likeness (QED) is 0.197. The zero-order chi connectivity index (χ0) is 9.00. The largest absolute Gasteiger partial charge is 2.00 e. The van der Waals surface area contributed by atoms with E-state index >= 15 is 0 Å². The van der Waals surface area contributed by atoms with Gasteiger partial charge >= 0.3 is 84.8 Å². The fourth-order valence-electron chi connectivity index (χ4n) is 0. The van der Waals surface area contributed by atoms with Gasteiger partial charge in [0, 0.05) is 0 Å². The number of hydrogen-bond donors (Lipinski definition) is 6. The molecule has 0 saturated carbocycles. The molecule has 80 valence electrons. The predicted octanol–water partition coefficient (Wildman–Crippen LogP) is -3.24. The minimum atomic E-state index is -4.64. The van der Waals surface area contributed by atoms with Gasteiger partial charge in [0.25, 0.3) is 0 Å². The number of rotatable bonds is 0. The second kappa shape index (κ2) is 18.8. The molecule has 0 saturated heterocycles. The summed E-state index contributed by atoms with van der Waals surface area (Å²) in [7, 11) is -9.28. The SMILES string of the molecule is O=P(O)(O)O.O=P(O)(O)O.[Mg+2].[Mg+2].[Mg+2].[O-2].[O-2]. The molecule has 0 atom stereocenters. The van der Waals surface area contributed by atoms with Crippen molar-refractivity contribution in [1.82, 2.24) is 0 Å². The summed E-state index contributed by atoms with van der Waals surface area (Å²) < 4.78 is 17.8. The summed E-state index contributed by atoms with van der Waals surface area (Å²) in [5, 5.41) is 0. The van der Waals surface area contributed by atoms with Crippen molar-refractivity contribution in [1.29, 1.82) is 0 Å². The van der Waals surface area contributed by atoms with Gasteiger partial charge in [0.1, 0.15) is 0 Å². The van der Waals surface area contributed by atoms with E-state index in [9.17, 15) is 0 Å². The molecular weight excluding hydrogens is 295 g/mol. The van der Waals surface area contributed by atoms with Crippen LogP contribution in [0.5, 0.6) is 0 Å². The average molecular weight is 301 g/mol. The molecule has 0 aromatic rings. The first kappa shape index (κ1) is 43.2. The van der Waals surface area contributed by atoms with Crippen molar-refractivity contribution in [2.24, 2.45) is 0 Å². The molecule has 0 unspecified atom stereocenters. The second-order valence-electron chi connectivity index (χ2n) is 1.03. The Hall–Kier alpha value is 2.44. The molecule has 0 aliphatic heterocycles. The Morgan fingerprint density at radius 3 is 0.533 bits per heavy atom. The van der Waals surface area contributed by atoms with Crippen LogP contribution in [0.25, 0.3) is 0 Å². The van der Waals surface area contributed by atoms with Gasteiger partial charge in [-0.3, -0.25) is 0 Å². The Balaban J connectivity index is -0.0000000128. The summed E-state index contributed by atoms with van der Waals surface area (Å²) in [6.45, 7) is 0. The first-order valence-corrected chi connectivity index (χ1v) is 4.70. The third-order valence-electron chi connectivity index (χ3n) is 0. The maximum atomic E-state index is 8.88. The van der Waals surface area contributed by atoms with E-state index in [1.54, 1.807) is 0 Å². The third-order valence-corrected chi connectivity index (χ3v) is 0. The molecule has 0 aliphatic rings. The Labute approximate surface area is 133 Å². The summed E-state index contributed by atoms with van der Waals surface area (Å²) in [6.07, 6.45) is 0. The minimum Gasteiger partial charge on any atom is -2.00 e. The van der Waals surface area contributed by atoms with Gasteiger partial charge in [-0.1, -0.05) is 0 Å². The average Bonchev–Trinajstić information content (AvgIpc) is 1.12. The van der Waals surface area contributed by atoms with Crippen molar-refractivity contribution >= 4 is 84.8 Å². The van der Waals surface area contributed by atoms with E-state index in [4.69, 9.17) is 38.5 Å². The molecule has 0 spiro atoms. The van der Waals surface area contributed by atoms with E-state index in [0.717, 1.165) is 0 Å². The predicted molar refractivity (Wildman–Crippen MR) is 47.2 cm³/mol. The summed E-state index contributed by atoms with van der Waals surface area (Å²) in [6, 6.07) is 0. The third kappa shape index (κ3) is 576. The topological polar surface area (TPSA) is 213 Å². The molecule has 0 aromatic carbocycles. The van der Waals surface area contributed by atoms with Crippen molar-refractivity contribution < 1.29 is 49.4 Å². The molecule has 10 nitrogen and oxygen atoms in total. The molecule has 0 fully saturated rings. The molecule has 0 bridgehead atoms. The Morgan fingerprint density at radius 1 is 0.533 bits per heavy atom. The fourth-order valence-corrected chi connectivity index (χ4v) is 0. The zero-order valence-corrected chi connectivity index (χ0v) is 13.4. The van der Waals surface area contributed by atoms with Crippen LogP contribution in [-0.4, -0.2) is 98.5 Å². The Morgan fingerprint density at radius 2 is 0.533 bits per heavy atom. The molecule has 0 aromatic heterocycles. The van der Waals surface area contributed by atoms with Crippen LogP contribution in [0, 0.1) is 0 Å². The summed E-state index contributed by atoms with van der Waals surface area (Å²) in [5.41, 5.74) is 0. The van der Waals surface area contributed by atoms with E-state index < -0.39 is 15.6 Å². The van der Waals surface area contributed by atoms with Gasteiger partial charge in [-0.25, -0.2) is 9.13 Å². The van der Waals surface area contributed by atoms with Crippen molar-refractivity contribution in [3.05, 3.63) is 0 Å². The van der Waals surface area contributed by atoms with Gasteiger partial charge in [-0.05, 0) is 0 Å². The molecule has 0 heterocycles. The molecule has 15 heteroatoms. The van der Waals surface area contributed by atoms with E-state index in [1.165, 1.54) is 0 Å². The first-order chi connectivity index (χ1) is 4.00. The molecule has 0 aliphatic carbocycles. The van der Waals surface area contributed by atoms with E-state index in [2.05, 4.69) is 0 Å². The molecule has 0 amide bonds. The zero-order valence-electron chi connectivity index (χ0n) is 7.33. The van der Waals surface area contributed by atoms with Crippen LogP contribution < -0.4 is 0 Å². The van der Waals surface area contributed by atoms with Gasteiger partial charge in [-0.15, -0.1) is 0 Å². The standard InChI is InChI=1S/3Mg.2H3O4P.2O/c;;;2*1-5(2,3)4;;/h;;;2*(H3,1,2,3,4);;/q3*+2;;;2*-2. The maximum Gasteiger partial charge on any atom is 2.00 e. The Kier molecular flexibility index (Phi) is 54.2. The second-order valence-corrected chi connectivity index (χ2v) is 3.08. The molecule has 6 N–H and O–H groups in total. The van der Waals surface area contributed by atoms with Gasteiger partial charge in [0.05, 0.1) is 0 Å². The van der Waals surface area contributed by atoms with Crippen molar-refractivity contribution in [2.75, 3.05) is 0 Å². The minimum absolute atomic E-state index is 0. The van der Waals surface area contributed by atoms with Crippen LogP contribution in [-0.2, 0) is 20.1 Å². The van der Waals surface area contributed by atoms with Crippen molar-refractivity contribution in [3.8, 4) is 0 Å². The van der Waals surface area contributed by atoms with E-state index in [-0.39, 0.29) is 80.1 Å². The number of hydrogen-bond acceptors (Lipinski definition) is 2. The molecule has 0 radical (unpaired) electrons. The fraction of sp³-hybridized carbons (Fsp3) is 0. The first-order valence-electron chi connectivity index (χ1n) is 1.57. The summed E-state index contributed by atoms with van der Waals surface area (Å²) in [5.74, 6) is 0. The molecule has 15 heavy (non-hydrogen) atoms. The van der Waals surface area contributed by atoms with Crippen LogP contribution >= 0.6 is 15.6 Å². The van der Waals surface area contributed by atoms with Crippen molar-refractivity contribution in [2.45, 2.75) is 0 Å². The molecule has 0 rings (SSSR count). The number of phosphoric acid groups is 2. The van der Waals surface area contributed by atoms with Crippen LogP contribution in [0.4, 0.5) is 0 Å². The summed E-state index contributed by atoms with van der Waals surface area (Å²) in [4.78, 5) is 43.1. The van der Waals surface area contributed by atoms with Crippen LogP contribution in [0.2, 0.25) is 0 Å². The maximum absolute atomic E-state index is 8.88. The monoisotopic (exact) mass is 300 g/mol. The Bertz CT molecular complexity index is 131. The van der Waals surface area contributed by atoms with Gasteiger partial charge in [-0.2, -0.15) is 0 Å². The van der Waals surface area contributed by atoms with Crippen LogP contribution in [0.3, 0.4) is 0 Å². The van der Waals surface area contributed by atoms with E-state index in [1.807, 2.05) is 0 Å². The van der Waals surface area contributed by atoms with Crippen LogP contribution in [0.15, 0.2) is 0 Å². The normalized spacial score (nSPS) is 7.87. The van der Waals surface area contributed by atoms with Crippen molar-refractivity contribution in [3.63, 3.8) is 0 Å². The molecular formula is H6Mg3O10P2+2. The van der Waals surface area contributed by atoms with Crippen LogP contribution in [0.1, 0.15) is 0 Å².